The molecular weight excluding hydrogens is 378 g/mol. The van der Waals surface area contributed by atoms with Gasteiger partial charge in [-0.25, -0.2) is 0 Å². The summed E-state index contributed by atoms with van der Waals surface area (Å²) >= 11 is 6.08. The Kier molecular flexibility index (Phi) is 4.55. The fourth-order valence-electron chi connectivity index (χ4n) is 3.29. The summed E-state index contributed by atoms with van der Waals surface area (Å²) in [6.07, 6.45) is 0. The van der Waals surface area contributed by atoms with Crippen LogP contribution in [-0.2, 0) is 4.79 Å². The lowest BCUT2D eigenvalue weighted by Gasteiger charge is -2.28. The Labute approximate surface area is 165 Å². The minimum Gasteiger partial charge on any atom is -0.326 e. The molecule has 0 saturated carbocycles. The Balaban J connectivity index is 1.83. The molecule has 8 heteroatoms. The highest BCUT2D eigenvalue weighted by Gasteiger charge is 2.40. The van der Waals surface area contributed by atoms with E-state index in [1.165, 1.54) is 0 Å². The van der Waals surface area contributed by atoms with Crippen LogP contribution < -0.4 is 16.2 Å². The molecule has 138 valence electrons. The van der Waals surface area contributed by atoms with E-state index in [9.17, 15) is 14.9 Å². The van der Waals surface area contributed by atoms with E-state index in [-0.39, 0.29) is 17.3 Å². The second-order valence-electron chi connectivity index (χ2n) is 6.30. The number of para-hydroxylation sites is 1. The summed E-state index contributed by atoms with van der Waals surface area (Å²) in [5.74, 6) is -2.03. The summed E-state index contributed by atoms with van der Waals surface area (Å²) in [5, 5.41) is 15.6. The number of anilines is 3. The number of halogens is 1. The van der Waals surface area contributed by atoms with Crippen molar-refractivity contribution in [1.29, 1.82) is 5.26 Å². The first-order valence-corrected chi connectivity index (χ1v) is 8.87. The Bertz CT molecular complexity index is 1150. The van der Waals surface area contributed by atoms with Gasteiger partial charge in [0.2, 0.25) is 11.9 Å². The quantitative estimate of drug-likeness (QED) is 0.633. The number of hydrogen-bond donors (Lipinski definition) is 3. The van der Waals surface area contributed by atoms with Crippen LogP contribution in [0.1, 0.15) is 17.0 Å². The van der Waals surface area contributed by atoms with Crippen molar-refractivity contribution in [3.63, 3.8) is 0 Å². The molecular formula is C20H14ClN5O2. The molecule has 7 nitrogen and oxygen atoms in total. The lowest BCUT2D eigenvalue weighted by Crippen LogP contribution is -2.38. The first kappa shape index (κ1) is 17.8. The summed E-state index contributed by atoms with van der Waals surface area (Å²) in [7, 11) is 0. The number of aromatic amines is 1. The number of nitrogens with one attached hydrogen (secondary N) is 3. The number of aromatic nitrogens is 2. The molecule has 0 aliphatic carbocycles. The van der Waals surface area contributed by atoms with E-state index < -0.39 is 23.3 Å². The molecule has 1 aliphatic rings. The lowest BCUT2D eigenvalue weighted by atomic mass is 9.79. The van der Waals surface area contributed by atoms with E-state index in [4.69, 9.17) is 11.6 Å². The van der Waals surface area contributed by atoms with E-state index in [0.29, 0.717) is 10.6 Å². The van der Waals surface area contributed by atoms with Gasteiger partial charge >= 0.3 is 0 Å². The number of nitriles is 1. The van der Waals surface area contributed by atoms with Crippen LogP contribution in [0.2, 0.25) is 5.02 Å². The SMILES string of the molecule is N#C[C@H]1C(=O)Nc2nc(Nc3ccccc3)[nH]c(=O)c2[C@@H]1c1cccc(Cl)c1. The number of carbonyl (C=O) groups is 1. The van der Waals surface area contributed by atoms with Crippen molar-refractivity contribution < 1.29 is 4.79 Å². The summed E-state index contributed by atoms with van der Waals surface area (Å²) < 4.78 is 0. The molecule has 0 radical (unpaired) electrons. The number of rotatable bonds is 3. The third kappa shape index (κ3) is 3.21. The molecule has 0 saturated heterocycles. The normalized spacial score (nSPS) is 17.9. The van der Waals surface area contributed by atoms with Crippen molar-refractivity contribution in [1.82, 2.24) is 9.97 Å². The summed E-state index contributed by atoms with van der Waals surface area (Å²) in [4.78, 5) is 32.4. The predicted octanol–water partition coefficient (Wildman–Crippen LogP) is 3.39. The standard InChI is InChI=1S/C20H14ClN5O2/c21-12-6-4-5-11(9-12)15-14(10-22)18(27)24-17-16(15)19(28)26-20(25-17)23-13-7-2-1-3-8-13/h1-9,14-15H,(H3,23,24,25,26,27,28)/t14-,15-/m1/s1. The average molecular weight is 392 g/mol. The molecule has 2 heterocycles. The van der Waals surface area contributed by atoms with Gasteiger partial charge in [-0.3, -0.25) is 14.6 Å². The number of fused-ring (bicyclic) bond motifs is 1. The summed E-state index contributed by atoms with van der Waals surface area (Å²) in [6.45, 7) is 0. The van der Waals surface area contributed by atoms with Gasteiger partial charge in [0.1, 0.15) is 11.7 Å². The molecule has 3 aromatic rings. The first-order valence-electron chi connectivity index (χ1n) is 8.49. The molecule has 4 rings (SSSR count). The first-order chi connectivity index (χ1) is 13.6. The monoisotopic (exact) mass is 391 g/mol. The molecule has 3 N–H and O–H groups in total. The number of amides is 1. The lowest BCUT2D eigenvalue weighted by molar-refractivity contribution is -0.119. The van der Waals surface area contributed by atoms with Crippen molar-refractivity contribution in [2.24, 2.45) is 5.92 Å². The van der Waals surface area contributed by atoms with E-state index in [1.54, 1.807) is 24.3 Å². The van der Waals surface area contributed by atoms with E-state index >= 15 is 0 Å². The molecule has 2 aromatic carbocycles. The van der Waals surface area contributed by atoms with Crippen LogP contribution in [0, 0.1) is 17.2 Å². The zero-order valence-corrected chi connectivity index (χ0v) is 15.2. The van der Waals surface area contributed by atoms with Crippen molar-refractivity contribution in [3.05, 3.63) is 81.1 Å². The molecule has 1 aliphatic heterocycles. The fraction of sp³-hybridized carbons (Fsp3) is 0.100. The zero-order valence-electron chi connectivity index (χ0n) is 14.4. The number of hydrogen-bond acceptors (Lipinski definition) is 5. The fourth-order valence-corrected chi connectivity index (χ4v) is 3.49. The maximum absolute atomic E-state index is 12.9. The highest BCUT2D eigenvalue weighted by molar-refractivity contribution is 6.30. The van der Waals surface area contributed by atoms with Gasteiger partial charge in [-0.05, 0) is 29.8 Å². The van der Waals surface area contributed by atoms with Gasteiger partial charge in [0, 0.05) is 16.6 Å². The van der Waals surface area contributed by atoms with Gasteiger partial charge in [-0.2, -0.15) is 10.2 Å². The maximum Gasteiger partial charge on any atom is 0.258 e. The Morgan fingerprint density at radius 2 is 1.89 bits per heavy atom. The average Bonchev–Trinajstić information content (AvgIpc) is 2.67. The van der Waals surface area contributed by atoms with Crippen LogP contribution in [0.4, 0.5) is 17.5 Å². The second-order valence-corrected chi connectivity index (χ2v) is 6.73. The second kappa shape index (κ2) is 7.18. The van der Waals surface area contributed by atoms with Gasteiger partial charge in [-0.1, -0.05) is 41.9 Å². The zero-order chi connectivity index (χ0) is 19.7. The molecule has 0 fully saturated rings. The Morgan fingerprint density at radius 3 is 2.61 bits per heavy atom. The van der Waals surface area contributed by atoms with Crippen LogP contribution in [-0.4, -0.2) is 15.9 Å². The van der Waals surface area contributed by atoms with Crippen molar-refractivity contribution >= 4 is 35.0 Å². The number of carbonyl (C=O) groups excluding carboxylic acids is 1. The van der Waals surface area contributed by atoms with Gasteiger partial charge in [-0.15, -0.1) is 0 Å². The molecule has 0 bridgehead atoms. The largest absolute Gasteiger partial charge is 0.326 e. The molecule has 1 amide bonds. The summed E-state index contributed by atoms with van der Waals surface area (Å²) in [6, 6.07) is 18.0. The topological polar surface area (TPSA) is 111 Å². The molecule has 0 spiro atoms. The smallest absolute Gasteiger partial charge is 0.258 e. The molecule has 2 atom stereocenters. The van der Waals surface area contributed by atoms with E-state index in [1.807, 2.05) is 36.4 Å². The third-order valence-electron chi connectivity index (χ3n) is 4.51. The minimum atomic E-state index is -1.07. The number of nitrogens with zero attached hydrogens (tertiary/aromatic N) is 2. The van der Waals surface area contributed by atoms with Gasteiger partial charge in [0.25, 0.3) is 5.56 Å². The Hall–Kier alpha value is -3.63. The van der Waals surface area contributed by atoms with Crippen LogP contribution >= 0.6 is 11.6 Å². The van der Waals surface area contributed by atoms with Crippen LogP contribution in [0.5, 0.6) is 0 Å². The van der Waals surface area contributed by atoms with Gasteiger partial charge in [0.05, 0.1) is 11.6 Å². The van der Waals surface area contributed by atoms with Crippen molar-refractivity contribution in [2.75, 3.05) is 10.6 Å². The van der Waals surface area contributed by atoms with Gasteiger partial charge in [0.15, 0.2) is 0 Å². The van der Waals surface area contributed by atoms with Crippen molar-refractivity contribution in [2.45, 2.75) is 5.92 Å². The molecule has 28 heavy (non-hydrogen) atoms. The number of benzene rings is 2. The van der Waals surface area contributed by atoms with Gasteiger partial charge < -0.3 is 10.6 Å². The van der Waals surface area contributed by atoms with Crippen molar-refractivity contribution in [3.8, 4) is 6.07 Å². The summed E-state index contributed by atoms with van der Waals surface area (Å²) in [5.41, 5.74) is 1.13. The van der Waals surface area contributed by atoms with E-state index in [0.717, 1.165) is 5.69 Å². The maximum atomic E-state index is 12.9. The molecule has 1 aromatic heterocycles. The van der Waals surface area contributed by atoms with Crippen LogP contribution in [0.3, 0.4) is 0 Å². The molecule has 0 unspecified atom stereocenters. The van der Waals surface area contributed by atoms with Crippen LogP contribution in [0.15, 0.2) is 59.4 Å². The number of H-pyrrole nitrogens is 1. The highest BCUT2D eigenvalue weighted by atomic mass is 35.5. The third-order valence-corrected chi connectivity index (χ3v) is 4.74. The van der Waals surface area contributed by atoms with E-state index in [2.05, 4.69) is 20.6 Å². The predicted molar refractivity (Wildman–Crippen MR) is 106 cm³/mol. The van der Waals surface area contributed by atoms with Crippen LogP contribution in [0.25, 0.3) is 0 Å². The Morgan fingerprint density at radius 1 is 1.11 bits per heavy atom. The highest BCUT2D eigenvalue weighted by Crippen LogP contribution is 2.38. The minimum absolute atomic E-state index is 0.128.